The molecule has 1 fully saturated rings. The minimum absolute atomic E-state index is 0.280. The maximum atomic E-state index is 13.9. The summed E-state index contributed by atoms with van der Waals surface area (Å²) in [5, 5.41) is 9.19. The largest absolute Gasteiger partial charge is 0.495 e. The van der Waals surface area contributed by atoms with Crippen LogP contribution >= 0.6 is 0 Å². The minimum atomic E-state index is -0.304. The number of piperazine rings is 1. The standard InChI is InChI=1S/C27H28FN3O2/c1-32-27-11-3-2-10-25(27)31-16-14-30(15-17-31)13-12-26(22-7-5-8-23(28)19-22)33-24-9-4-6-21(18-24)20-29/h2-11,18-19,26H,12-17H2,1H3. The normalized spacial score (nSPS) is 15.0. The molecule has 1 unspecified atom stereocenters. The molecule has 0 saturated carbocycles. The van der Waals surface area contributed by atoms with E-state index in [1.165, 1.54) is 12.1 Å². The number of methoxy groups -OCH3 is 1. The van der Waals surface area contributed by atoms with Gasteiger partial charge < -0.3 is 14.4 Å². The van der Waals surface area contributed by atoms with Crippen LogP contribution in [0.5, 0.6) is 11.5 Å². The molecule has 0 amide bonds. The van der Waals surface area contributed by atoms with Crippen LogP contribution in [0.2, 0.25) is 0 Å². The lowest BCUT2D eigenvalue weighted by Gasteiger charge is -2.37. The fraction of sp³-hybridized carbons (Fsp3) is 0.296. The van der Waals surface area contributed by atoms with Crippen molar-refractivity contribution in [2.24, 2.45) is 0 Å². The van der Waals surface area contributed by atoms with Gasteiger partial charge in [0.2, 0.25) is 0 Å². The number of para-hydroxylation sites is 2. The summed E-state index contributed by atoms with van der Waals surface area (Å²) in [6.07, 6.45) is 0.413. The second-order valence-electron chi connectivity index (χ2n) is 8.09. The highest BCUT2D eigenvalue weighted by Crippen LogP contribution is 2.29. The van der Waals surface area contributed by atoms with Gasteiger partial charge in [-0.05, 0) is 48.0 Å². The van der Waals surface area contributed by atoms with Crippen LogP contribution in [0.3, 0.4) is 0 Å². The second kappa shape index (κ2) is 10.8. The molecule has 0 bridgehead atoms. The highest BCUT2D eigenvalue weighted by molar-refractivity contribution is 5.58. The molecule has 4 rings (SSSR count). The van der Waals surface area contributed by atoms with Crippen molar-refractivity contribution < 1.29 is 13.9 Å². The summed E-state index contributed by atoms with van der Waals surface area (Å²) in [7, 11) is 1.70. The zero-order chi connectivity index (χ0) is 23.0. The van der Waals surface area contributed by atoms with Gasteiger partial charge in [-0.1, -0.05) is 30.3 Å². The average molecular weight is 446 g/mol. The molecule has 0 radical (unpaired) electrons. The quantitative estimate of drug-likeness (QED) is 0.486. The minimum Gasteiger partial charge on any atom is -0.495 e. The van der Waals surface area contributed by atoms with Gasteiger partial charge in [0.1, 0.15) is 23.4 Å². The number of ether oxygens (including phenoxy) is 2. The lowest BCUT2D eigenvalue weighted by atomic mass is 10.1. The molecule has 1 heterocycles. The number of halogens is 1. The maximum Gasteiger partial charge on any atom is 0.142 e. The van der Waals surface area contributed by atoms with Crippen LogP contribution in [0.15, 0.2) is 72.8 Å². The van der Waals surface area contributed by atoms with E-state index in [-0.39, 0.29) is 11.9 Å². The van der Waals surface area contributed by atoms with E-state index in [9.17, 15) is 9.65 Å². The van der Waals surface area contributed by atoms with Crippen molar-refractivity contribution in [2.45, 2.75) is 12.5 Å². The predicted octanol–water partition coefficient (Wildman–Crippen LogP) is 5.04. The first-order chi connectivity index (χ1) is 16.2. The average Bonchev–Trinajstić information content (AvgIpc) is 2.87. The van der Waals surface area contributed by atoms with Gasteiger partial charge in [-0.2, -0.15) is 5.26 Å². The Kier molecular flexibility index (Phi) is 7.43. The number of nitriles is 1. The Balaban J connectivity index is 1.40. The second-order valence-corrected chi connectivity index (χ2v) is 8.09. The van der Waals surface area contributed by atoms with Crippen LogP contribution in [0.4, 0.5) is 10.1 Å². The SMILES string of the molecule is COc1ccccc1N1CCN(CCC(Oc2cccc(C#N)c2)c2cccc(F)c2)CC1. The Morgan fingerprint density at radius 1 is 0.970 bits per heavy atom. The van der Waals surface area contributed by atoms with Crippen molar-refractivity contribution in [3.05, 3.63) is 89.7 Å². The van der Waals surface area contributed by atoms with Crippen LogP contribution in [-0.4, -0.2) is 44.7 Å². The Labute approximate surface area is 194 Å². The van der Waals surface area contributed by atoms with Gasteiger partial charge in [0, 0.05) is 39.1 Å². The third kappa shape index (κ3) is 5.82. The van der Waals surface area contributed by atoms with E-state index in [1.807, 2.05) is 30.3 Å². The maximum absolute atomic E-state index is 13.9. The van der Waals surface area contributed by atoms with Crippen LogP contribution in [0.25, 0.3) is 0 Å². The van der Waals surface area contributed by atoms with Crippen molar-refractivity contribution in [2.75, 3.05) is 44.7 Å². The summed E-state index contributed by atoms with van der Waals surface area (Å²) in [6.45, 7) is 4.51. The summed E-state index contributed by atoms with van der Waals surface area (Å²) in [5.41, 5.74) is 2.46. The van der Waals surface area contributed by atoms with Gasteiger partial charge in [0.15, 0.2) is 0 Å². The van der Waals surface area contributed by atoms with Gasteiger partial charge in [-0.25, -0.2) is 4.39 Å². The smallest absolute Gasteiger partial charge is 0.142 e. The molecular weight excluding hydrogens is 417 g/mol. The zero-order valence-electron chi connectivity index (χ0n) is 18.8. The third-order valence-corrected chi connectivity index (χ3v) is 5.97. The number of anilines is 1. The Morgan fingerprint density at radius 3 is 2.52 bits per heavy atom. The van der Waals surface area contributed by atoms with Crippen molar-refractivity contribution in [3.63, 3.8) is 0 Å². The van der Waals surface area contributed by atoms with Gasteiger partial charge >= 0.3 is 0 Å². The van der Waals surface area contributed by atoms with E-state index in [0.717, 1.165) is 56.1 Å². The molecule has 33 heavy (non-hydrogen) atoms. The topological polar surface area (TPSA) is 48.7 Å². The summed E-state index contributed by atoms with van der Waals surface area (Å²) in [4.78, 5) is 4.76. The van der Waals surface area contributed by atoms with E-state index >= 15 is 0 Å². The molecule has 6 heteroatoms. The van der Waals surface area contributed by atoms with E-state index in [4.69, 9.17) is 9.47 Å². The highest BCUT2D eigenvalue weighted by Gasteiger charge is 2.22. The molecule has 5 nitrogen and oxygen atoms in total. The first-order valence-electron chi connectivity index (χ1n) is 11.2. The molecule has 0 aromatic heterocycles. The van der Waals surface area contributed by atoms with Gasteiger partial charge in [-0.15, -0.1) is 0 Å². The van der Waals surface area contributed by atoms with Crippen LogP contribution < -0.4 is 14.4 Å². The number of rotatable bonds is 8. The van der Waals surface area contributed by atoms with Crippen LogP contribution in [0, 0.1) is 17.1 Å². The molecule has 3 aromatic rings. The summed E-state index contributed by atoms with van der Waals surface area (Å²) < 4.78 is 25.7. The molecule has 170 valence electrons. The number of nitrogens with zero attached hydrogens (tertiary/aromatic N) is 3. The summed E-state index contributed by atoms with van der Waals surface area (Å²) >= 11 is 0. The lowest BCUT2D eigenvalue weighted by Crippen LogP contribution is -2.47. The highest BCUT2D eigenvalue weighted by atomic mass is 19.1. The molecule has 1 saturated heterocycles. The zero-order valence-corrected chi connectivity index (χ0v) is 18.8. The van der Waals surface area contributed by atoms with E-state index < -0.39 is 0 Å². The fourth-order valence-electron chi connectivity index (χ4n) is 4.21. The van der Waals surface area contributed by atoms with Crippen molar-refractivity contribution in [1.29, 1.82) is 5.26 Å². The van der Waals surface area contributed by atoms with Crippen molar-refractivity contribution >= 4 is 5.69 Å². The Morgan fingerprint density at radius 2 is 1.76 bits per heavy atom. The van der Waals surface area contributed by atoms with Crippen molar-refractivity contribution in [1.82, 2.24) is 4.90 Å². The molecule has 1 aliphatic rings. The number of hydrogen-bond donors (Lipinski definition) is 0. The van der Waals surface area contributed by atoms with E-state index in [0.29, 0.717) is 11.3 Å². The van der Waals surface area contributed by atoms with Crippen LogP contribution in [-0.2, 0) is 0 Å². The third-order valence-electron chi connectivity index (χ3n) is 5.97. The molecular formula is C27H28FN3O2. The Hall–Kier alpha value is -3.56. The molecule has 0 N–H and O–H groups in total. The van der Waals surface area contributed by atoms with E-state index in [1.54, 1.807) is 31.4 Å². The first-order valence-corrected chi connectivity index (χ1v) is 11.2. The fourth-order valence-corrected chi connectivity index (χ4v) is 4.21. The monoisotopic (exact) mass is 445 g/mol. The number of benzene rings is 3. The van der Waals surface area contributed by atoms with Gasteiger partial charge in [0.05, 0.1) is 24.4 Å². The van der Waals surface area contributed by atoms with Crippen molar-refractivity contribution in [3.8, 4) is 17.6 Å². The summed E-state index contributed by atoms with van der Waals surface area (Å²) in [5.74, 6) is 1.23. The molecule has 1 aliphatic heterocycles. The van der Waals surface area contributed by atoms with Crippen LogP contribution in [0.1, 0.15) is 23.7 Å². The number of hydrogen-bond acceptors (Lipinski definition) is 5. The lowest BCUT2D eigenvalue weighted by molar-refractivity contribution is 0.159. The predicted molar refractivity (Wildman–Crippen MR) is 127 cm³/mol. The molecule has 3 aromatic carbocycles. The van der Waals surface area contributed by atoms with Gasteiger partial charge in [-0.3, -0.25) is 4.90 Å². The van der Waals surface area contributed by atoms with Gasteiger partial charge in [0.25, 0.3) is 0 Å². The van der Waals surface area contributed by atoms with E-state index in [2.05, 4.69) is 21.9 Å². The molecule has 0 aliphatic carbocycles. The Bertz CT molecular complexity index is 1110. The summed E-state index contributed by atoms with van der Waals surface area (Å²) in [6, 6.07) is 23.9. The molecule has 1 atom stereocenters. The first kappa shape index (κ1) is 22.6. The molecule has 0 spiro atoms.